The Bertz CT molecular complexity index is 1360. The number of hydrogen-bond acceptors (Lipinski definition) is 6. The van der Waals surface area contributed by atoms with Crippen LogP contribution in [0.15, 0.2) is 55.0 Å². The molecule has 34 heavy (non-hydrogen) atoms. The van der Waals surface area contributed by atoms with Crippen LogP contribution in [0.4, 0.5) is 5.82 Å². The van der Waals surface area contributed by atoms with Crippen molar-refractivity contribution < 1.29 is 9.53 Å². The van der Waals surface area contributed by atoms with Crippen LogP contribution in [0.5, 0.6) is 5.75 Å². The monoisotopic (exact) mass is 454 g/mol. The molecule has 4 aromatic rings. The van der Waals surface area contributed by atoms with Crippen molar-refractivity contribution in [3.63, 3.8) is 0 Å². The van der Waals surface area contributed by atoms with E-state index in [0.29, 0.717) is 24.5 Å². The van der Waals surface area contributed by atoms with Crippen LogP contribution in [0.2, 0.25) is 0 Å². The minimum atomic E-state index is -0.102. The normalized spacial score (nSPS) is 16.6. The number of benzene rings is 1. The highest BCUT2D eigenvalue weighted by Gasteiger charge is 2.19. The molecule has 0 radical (unpaired) electrons. The summed E-state index contributed by atoms with van der Waals surface area (Å²) in [6, 6.07) is 12.1. The van der Waals surface area contributed by atoms with Gasteiger partial charge >= 0.3 is 0 Å². The SMILES string of the molecule is CN1CCN(c2ccc(-c3cnc4[nH]cc(-c5ccc6c(c5)OCCNC6=O)c4c3)cn2)CC1. The number of rotatable bonds is 3. The van der Waals surface area contributed by atoms with Crippen molar-refractivity contribution in [1.29, 1.82) is 0 Å². The van der Waals surface area contributed by atoms with Gasteiger partial charge in [0.05, 0.1) is 12.1 Å². The van der Waals surface area contributed by atoms with E-state index in [2.05, 4.69) is 50.3 Å². The van der Waals surface area contributed by atoms with Crippen LogP contribution in [0.1, 0.15) is 10.4 Å². The van der Waals surface area contributed by atoms with Gasteiger partial charge in [0.2, 0.25) is 0 Å². The standard InChI is InChI=1S/C26H26N6O2/c1-31-7-9-32(10-8-31)24-5-3-18(14-28-24)19-12-21-22(16-30-25(21)29-15-19)17-2-4-20-23(13-17)34-11-6-27-26(20)33/h2-5,12-16H,6-11H2,1H3,(H,27,33)(H,29,30). The van der Waals surface area contributed by atoms with Gasteiger partial charge in [-0.15, -0.1) is 0 Å². The van der Waals surface area contributed by atoms with Crippen LogP contribution in [-0.2, 0) is 0 Å². The number of nitrogens with zero attached hydrogens (tertiary/aromatic N) is 4. The van der Waals surface area contributed by atoms with Crippen LogP contribution in [0.25, 0.3) is 33.3 Å². The number of hydrogen-bond donors (Lipinski definition) is 2. The van der Waals surface area contributed by atoms with Gasteiger partial charge in [-0.25, -0.2) is 9.97 Å². The van der Waals surface area contributed by atoms with Crippen LogP contribution >= 0.6 is 0 Å². The maximum atomic E-state index is 12.2. The number of pyridine rings is 2. The molecule has 0 saturated carbocycles. The molecule has 0 bridgehead atoms. The molecule has 3 aromatic heterocycles. The van der Waals surface area contributed by atoms with Crippen molar-refractivity contribution in [3.05, 3.63) is 60.6 Å². The Morgan fingerprint density at radius 1 is 0.912 bits per heavy atom. The van der Waals surface area contributed by atoms with Gasteiger partial charge in [0.1, 0.15) is 23.8 Å². The van der Waals surface area contributed by atoms with Gasteiger partial charge in [0.15, 0.2) is 0 Å². The van der Waals surface area contributed by atoms with Crippen LogP contribution in [-0.4, -0.2) is 72.1 Å². The number of nitrogens with one attached hydrogen (secondary N) is 2. The summed E-state index contributed by atoms with van der Waals surface area (Å²) < 4.78 is 5.81. The van der Waals surface area contributed by atoms with Crippen LogP contribution in [0, 0.1) is 0 Å². The summed E-state index contributed by atoms with van der Waals surface area (Å²) in [6.45, 7) is 5.06. The summed E-state index contributed by atoms with van der Waals surface area (Å²) in [4.78, 5) is 29.5. The molecule has 2 aliphatic heterocycles. The molecule has 1 saturated heterocycles. The number of carbonyl (C=O) groups excluding carboxylic acids is 1. The van der Waals surface area contributed by atoms with Gasteiger partial charge < -0.3 is 24.8 Å². The summed E-state index contributed by atoms with van der Waals surface area (Å²) in [7, 11) is 2.15. The average molecular weight is 455 g/mol. The zero-order valence-electron chi connectivity index (χ0n) is 19.0. The van der Waals surface area contributed by atoms with Crippen molar-refractivity contribution >= 4 is 22.8 Å². The quantitative estimate of drug-likeness (QED) is 0.495. The molecule has 1 fully saturated rings. The third-order valence-electron chi connectivity index (χ3n) is 6.62. The van der Waals surface area contributed by atoms with E-state index in [1.54, 1.807) is 0 Å². The Morgan fingerprint density at radius 2 is 1.74 bits per heavy atom. The van der Waals surface area contributed by atoms with E-state index in [0.717, 1.165) is 65.3 Å². The number of piperazine rings is 1. The number of likely N-dealkylation sites (N-methyl/N-ethyl adjacent to an activating group) is 1. The molecule has 0 spiro atoms. The van der Waals surface area contributed by atoms with Crippen molar-refractivity contribution in [2.75, 3.05) is 51.3 Å². The lowest BCUT2D eigenvalue weighted by atomic mass is 10.0. The Labute approximate surface area is 197 Å². The van der Waals surface area contributed by atoms with Crippen LogP contribution in [0.3, 0.4) is 0 Å². The summed E-state index contributed by atoms with van der Waals surface area (Å²) in [5.41, 5.74) is 5.41. The van der Waals surface area contributed by atoms with E-state index < -0.39 is 0 Å². The van der Waals surface area contributed by atoms with Gasteiger partial charge in [0, 0.05) is 66.8 Å². The predicted octanol–water partition coefficient (Wildman–Crippen LogP) is 3.17. The molecular weight excluding hydrogens is 428 g/mol. The first-order valence-electron chi connectivity index (χ1n) is 11.6. The largest absolute Gasteiger partial charge is 0.491 e. The molecule has 172 valence electrons. The van der Waals surface area contributed by atoms with Gasteiger partial charge in [-0.1, -0.05) is 6.07 Å². The Hall–Kier alpha value is -3.91. The van der Waals surface area contributed by atoms with Crippen LogP contribution < -0.4 is 15.0 Å². The lowest BCUT2D eigenvalue weighted by Gasteiger charge is -2.33. The summed E-state index contributed by atoms with van der Waals surface area (Å²) in [6.07, 6.45) is 5.76. The second kappa shape index (κ2) is 8.46. The minimum Gasteiger partial charge on any atom is -0.491 e. The third kappa shape index (κ3) is 3.76. The molecule has 2 aliphatic rings. The Kier molecular flexibility index (Phi) is 5.15. The number of carbonyl (C=O) groups is 1. The highest BCUT2D eigenvalue weighted by atomic mass is 16.5. The number of amides is 1. The predicted molar refractivity (Wildman–Crippen MR) is 132 cm³/mol. The number of fused-ring (bicyclic) bond motifs is 2. The molecule has 0 unspecified atom stereocenters. The topological polar surface area (TPSA) is 86.4 Å². The fourth-order valence-electron chi connectivity index (χ4n) is 4.60. The van der Waals surface area contributed by atoms with Crippen molar-refractivity contribution in [1.82, 2.24) is 25.2 Å². The van der Waals surface area contributed by atoms with E-state index in [1.807, 2.05) is 36.8 Å². The first-order valence-corrected chi connectivity index (χ1v) is 11.6. The molecule has 2 N–H and O–H groups in total. The second-order valence-corrected chi connectivity index (χ2v) is 8.83. The molecule has 6 rings (SSSR count). The summed E-state index contributed by atoms with van der Waals surface area (Å²) >= 11 is 0. The smallest absolute Gasteiger partial charge is 0.255 e. The average Bonchev–Trinajstić information content (AvgIpc) is 3.21. The number of ether oxygens (including phenoxy) is 1. The van der Waals surface area contributed by atoms with E-state index in [9.17, 15) is 4.79 Å². The number of aromatic amines is 1. The zero-order chi connectivity index (χ0) is 23.1. The highest BCUT2D eigenvalue weighted by Crippen LogP contribution is 2.34. The fraction of sp³-hybridized carbons (Fsp3) is 0.269. The van der Waals surface area contributed by atoms with Gasteiger partial charge in [0.25, 0.3) is 5.91 Å². The zero-order valence-corrected chi connectivity index (χ0v) is 19.0. The van der Waals surface area contributed by atoms with Gasteiger partial charge in [-0.05, 0) is 42.9 Å². The van der Waals surface area contributed by atoms with Crippen molar-refractivity contribution in [3.8, 4) is 28.0 Å². The second-order valence-electron chi connectivity index (χ2n) is 8.83. The fourth-order valence-corrected chi connectivity index (χ4v) is 4.60. The van der Waals surface area contributed by atoms with Gasteiger partial charge in [-0.2, -0.15) is 0 Å². The maximum Gasteiger partial charge on any atom is 0.255 e. The van der Waals surface area contributed by atoms with E-state index in [4.69, 9.17) is 9.72 Å². The molecule has 5 heterocycles. The maximum absolute atomic E-state index is 12.2. The highest BCUT2D eigenvalue weighted by molar-refractivity contribution is 6.00. The lowest BCUT2D eigenvalue weighted by molar-refractivity contribution is 0.0957. The van der Waals surface area contributed by atoms with Crippen molar-refractivity contribution in [2.24, 2.45) is 0 Å². The van der Waals surface area contributed by atoms with E-state index in [1.165, 1.54) is 0 Å². The number of H-pyrrole nitrogens is 1. The molecule has 1 aromatic carbocycles. The number of aromatic nitrogens is 3. The molecule has 8 nitrogen and oxygen atoms in total. The molecule has 0 atom stereocenters. The Morgan fingerprint density at radius 3 is 2.56 bits per heavy atom. The van der Waals surface area contributed by atoms with E-state index >= 15 is 0 Å². The lowest BCUT2D eigenvalue weighted by Crippen LogP contribution is -2.44. The molecule has 8 heteroatoms. The molecule has 1 amide bonds. The first kappa shape index (κ1) is 20.7. The van der Waals surface area contributed by atoms with Gasteiger partial charge in [-0.3, -0.25) is 4.79 Å². The molecular formula is C26H26N6O2. The summed E-state index contributed by atoms with van der Waals surface area (Å²) in [5, 5.41) is 3.86. The van der Waals surface area contributed by atoms with E-state index in [-0.39, 0.29) is 5.91 Å². The Balaban J connectivity index is 1.32. The van der Waals surface area contributed by atoms with Crippen molar-refractivity contribution in [2.45, 2.75) is 0 Å². The number of anilines is 1. The minimum absolute atomic E-state index is 0.102. The third-order valence-corrected chi connectivity index (χ3v) is 6.62. The summed E-state index contributed by atoms with van der Waals surface area (Å²) in [5.74, 6) is 1.52. The first-order chi connectivity index (χ1) is 16.7. The molecule has 0 aliphatic carbocycles.